The van der Waals surface area contributed by atoms with Crippen LogP contribution in [0.2, 0.25) is 0 Å². The normalized spacial score (nSPS) is 30.9. The molecular formula is C19H37NO. The molecular weight excluding hydrogens is 258 g/mol. The number of hydrogen-bond donors (Lipinski definition) is 1. The van der Waals surface area contributed by atoms with Gasteiger partial charge in [0.1, 0.15) is 0 Å². The van der Waals surface area contributed by atoms with E-state index < -0.39 is 0 Å². The molecule has 2 aliphatic carbocycles. The molecule has 0 saturated heterocycles. The summed E-state index contributed by atoms with van der Waals surface area (Å²) in [5.74, 6) is 1.81. The molecule has 0 bridgehead atoms. The molecule has 2 aliphatic rings. The fraction of sp³-hybridized carbons (Fsp3) is 1.00. The van der Waals surface area contributed by atoms with Crippen LogP contribution in [0.4, 0.5) is 0 Å². The van der Waals surface area contributed by atoms with Crippen molar-refractivity contribution in [1.82, 2.24) is 5.32 Å². The standard InChI is InChI=1S/C19H37NO/c1-3-7-17-10-12-19(13-11-17,16-20-14-4-2)21-15-18-8-5-6-9-18/h17-18,20H,3-16H2,1-2H3. The Hall–Kier alpha value is -0.0800. The Kier molecular flexibility index (Phi) is 7.53. The zero-order valence-corrected chi connectivity index (χ0v) is 14.5. The van der Waals surface area contributed by atoms with Crippen LogP contribution in [0.3, 0.4) is 0 Å². The summed E-state index contributed by atoms with van der Waals surface area (Å²) in [6.45, 7) is 7.80. The van der Waals surface area contributed by atoms with Gasteiger partial charge in [0.2, 0.25) is 0 Å². The highest BCUT2D eigenvalue weighted by atomic mass is 16.5. The predicted molar refractivity (Wildman–Crippen MR) is 90.7 cm³/mol. The Bertz CT molecular complexity index is 265. The van der Waals surface area contributed by atoms with Gasteiger partial charge in [-0.3, -0.25) is 0 Å². The zero-order valence-electron chi connectivity index (χ0n) is 14.5. The Balaban J connectivity index is 1.81. The lowest BCUT2D eigenvalue weighted by Crippen LogP contribution is -2.47. The molecule has 0 aromatic carbocycles. The zero-order chi connectivity index (χ0) is 15.0. The third-order valence-corrected chi connectivity index (χ3v) is 5.69. The SMILES string of the molecule is CCCNCC1(OCC2CCCC2)CCC(CCC)CC1. The van der Waals surface area contributed by atoms with Crippen LogP contribution in [0.15, 0.2) is 0 Å². The van der Waals surface area contributed by atoms with Crippen LogP contribution in [0.1, 0.15) is 84.5 Å². The second kappa shape index (κ2) is 9.15. The van der Waals surface area contributed by atoms with Gasteiger partial charge in [0.05, 0.1) is 12.2 Å². The van der Waals surface area contributed by atoms with E-state index in [0.717, 1.165) is 31.5 Å². The van der Waals surface area contributed by atoms with Gasteiger partial charge < -0.3 is 10.1 Å². The van der Waals surface area contributed by atoms with E-state index in [0.29, 0.717) is 0 Å². The van der Waals surface area contributed by atoms with Gasteiger partial charge in [-0.15, -0.1) is 0 Å². The molecule has 21 heavy (non-hydrogen) atoms. The third kappa shape index (κ3) is 5.56. The van der Waals surface area contributed by atoms with E-state index in [1.165, 1.54) is 70.6 Å². The molecule has 0 aromatic rings. The molecule has 2 rings (SSSR count). The molecule has 0 spiro atoms. The Morgan fingerprint density at radius 3 is 2.29 bits per heavy atom. The minimum Gasteiger partial charge on any atom is -0.373 e. The first-order valence-electron chi connectivity index (χ1n) is 9.62. The second-order valence-corrected chi connectivity index (χ2v) is 7.55. The summed E-state index contributed by atoms with van der Waals surface area (Å²) in [4.78, 5) is 0. The molecule has 2 fully saturated rings. The Morgan fingerprint density at radius 1 is 0.952 bits per heavy atom. The van der Waals surface area contributed by atoms with Crippen LogP contribution in [0, 0.1) is 11.8 Å². The van der Waals surface area contributed by atoms with Crippen molar-refractivity contribution in [1.29, 1.82) is 0 Å². The summed E-state index contributed by atoms with van der Waals surface area (Å²) in [5.41, 5.74) is 0.155. The average Bonchev–Trinajstić information content (AvgIpc) is 3.02. The summed E-state index contributed by atoms with van der Waals surface area (Å²) in [6, 6.07) is 0. The van der Waals surface area contributed by atoms with Gasteiger partial charge in [-0.25, -0.2) is 0 Å². The largest absolute Gasteiger partial charge is 0.373 e. The molecule has 2 saturated carbocycles. The van der Waals surface area contributed by atoms with Crippen molar-refractivity contribution in [3.05, 3.63) is 0 Å². The first kappa shape index (κ1) is 17.3. The quantitative estimate of drug-likeness (QED) is 0.609. The molecule has 1 N–H and O–H groups in total. The first-order valence-corrected chi connectivity index (χ1v) is 9.62. The second-order valence-electron chi connectivity index (χ2n) is 7.55. The summed E-state index contributed by atoms with van der Waals surface area (Å²) in [7, 11) is 0. The van der Waals surface area contributed by atoms with Crippen LogP contribution >= 0.6 is 0 Å². The summed E-state index contributed by atoms with van der Waals surface area (Å²) >= 11 is 0. The molecule has 2 nitrogen and oxygen atoms in total. The van der Waals surface area contributed by atoms with Crippen LogP contribution < -0.4 is 5.32 Å². The van der Waals surface area contributed by atoms with Crippen molar-refractivity contribution < 1.29 is 4.74 Å². The fourth-order valence-electron chi connectivity index (χ4n) is 4.24. The predicted octanol–water partition coefficient (Wildman–Crippen LogP) is 4.92. The van der Waals surface area contributed by atoms with Gasteiger partial charge in [-0.1, -0.05) is 39.5 Å². The van der Waals surface area contributed by atoms with Crippen molar-refractivity contribution in [2.45, 2.75) is 90.1 Å². The molecule has 0 aromatic heterocycles. The highest BCUT2D eigenvalue weighted by Crippen LogP contribution is 2.38. The molecule has 0 radical (unpaired) electrons. The van der Waals surface area contributed by atoms with Gasteiger partial charge in [0.15, 0.2) is 0 Å². The molecule has 2 heteroatoms. The van der Waals surface area contributed by atoms with Crippen LogP contribution in [-0.2, 0) is 4.74 Å². The Morgan fingerprint density at radius 2 is 1.67 bits per heavy atom. The third-order valence-electron chi connectivity index (χ3n) is 5.69. The van der Waals surface area contributed by atoms with E-state index in [2.05, 4.69) is 19.2 Å². The molecule has 124 valence electrons. The van der Waals surface area contributed by atoms with Crippen molar-refractivity contribution in [3.8, 4) is 0 Å². The van der Waals surface area contributed by atoms with Gasteiger partial charge in [-0.05, 0) is 63.3 Å². The smallest absolute Gasteiger partial charge is 0.0806 e. The fourth-order valence-corrected chi connectivity index (χ4v) is 4.24. The van der Waals surface area contributed by atoms with E-state index in [1.54, 1.807) is 0 Å². The van der Waals surface area contributed by atoms with E-state index in [1.807, 2.05) is 0 Å². The van der Waals surface area contributed by atoms with E-state index in [9.17, 15) is 0 Å². The molecule has 0 heterocycles. The topological polar surface area (TPSA) is 21.3 Å². The average molecular weight is 296 g/mol. The number of ether oxygens (including phenoxy) is 1. The summed E-state index contributed by atoms with van der Waals surface area (Å²) < 4.78 is 6.57. The molecule has 0 amide bonds. The van der Waals surface area contributed by atoms with Crippen LogP contribution in [-0.4, -0.2) is 25.3 Å². The van der Waals surface area contributed by atoms with Crippen LogP contribution in [0.5, 0.6) is 0 Å². The number of rotatable bonds is 9. The van der Waals surface area contributed by atoms with Gasteiger partial charge in [-0.2, -0.15) is 0 Å². The molecule has 0 aliphatic heterocycles. The van der Waals surface area contributed by atoms with Crippen LogP contribution in [0.25, 0.3) is 0 Å². The molecule has 0 atom stereocenters. The van der Waals surface area contributed by atoms with Gasteiger partial charge in [0.25, 0.3) is 0 Å². The van der Waals surface area contributed by atoms with E-state index in [-0.39, 0.29) is 5.60 Å². The first-order chi connectivity index (χ1) is 10.3. The number of hydrogen-bond acceptors (Lipinski definition) is 2. The summed E-state index contributed by atoms with van der Waals surface area (Å²) in [6.07, 6.45) is 14.9. The maximum atomic E-state index is 6.57. The van der Waals surface area contributed by atoms with Crippen molar-refractivity contribution in [2.24, 2.45) is 11.8 Å². The lowest BCUT2D eigenvalue weighted by molar-refractivity contribution is -0.0884. The monoisotopic (exact) mass is 295 g/mol. The lowest BCUT2D eigenvalue weighted by Gasteiger charge is -2.41. The highest BCUT2D eigenvalue weighted by Gasteiger charge is 2.36. The van der Waals surface area contributed by atoms with E-state index >= 15 is 0 Å². The molecule has 0 unspecified atom stereocenters. The van der Waals surface area contributed by atoms with Crippen molar-refractivity contribution >= 4 is 0 Å². The van der Waals surface area contributed by atoms with Gasteiger partial charge in [0, 0.05) is 6.54 Å². The number of nitrogens with one attached hydrogen (secondary N) is 1. The minimum absolute atomic E-state index is 0.155. The van der Waals surface area contributed by atoms with Crippen molar-refractivity contribution in [3.63, 3.8) is 0 Å². The minimum atomic E-state index is 0.155. The van der Waals surface area contributed by atoms with Gasteiger partial charge >= 0.3 is 0 Å². The Labute approximate surface area is 132 Å². The maximum Gasteiger partial charge on any atom is 0.0806 e. The maximum absolute atomic E-state index is 6.57. The lowest BCUT2D eigenvalue weighted by atomic mass is 9.77. The summed E-state index contributed by atoms with van der Waals surface area (Å²) in [5, 5.41) is 3.64. The van der Waals surface area contributed by atoms with Crippen molar-refractivity contribution in [2.75, 3.05) is 19.7 Å². The highest BCUT2D eigenvalue weighted by molar-refractivity contribution is 4.90. The van der Waals surface area contributed by atoms with E-state index in [4.69, 9.17) is 4.74 Å².